The van der Waals surface area contributed by atoms with Gasteiger partial charge in [-0.15, -0.1) is 11.3 Å². The van der Waals surface area contributed by atoms with Crippen molar-refractivity contribution in [2.24, 2.45) is 0 Å². The summed E-state index contributed by atoms with van der Waals surface area (Å²) in [6.45, 7) is 5.42. The molecule has 2 fully saturated rings. The number of aryl methyl sites for hydroxylation is 2. The van der Waals surface area contributed by atoms with Gasteiger partial charge in [-0.2, -0.15) is 10.4 Å². The number of hydrogen-bond acceptors (Lipinski definition) is 5. The van der Waals surface area contributed by atoms with Gasteiger partial charge in [-0.3, -0.25) is 9.89 Å². The maximum absolute atomic E-state index is 13.5. The number of aromatic amines is 1. The average Bonchev–Trinajstić information content (AvgIpc) is 3.41. The van der Waals surface area contributed by atoms with Crippen molar-refractivity contribution in [1.82, 2.24) is 20.1 Å². The summed E-state index contributed by atoms with van der Waals surface area (Å²) in [6, 6.07) is 10.4. The van der Waals surface area contributed by atoms with Gasteiger partial charge in [-0.05, 0) is 80.7 Å². The number of nitriles is 1. The summed E-state index contributed by atoms with van der Waals surface area (Å²) < 4.78 is 0. The zero-order chi connectivity index (χ0) is 22.2. The molecular weight excluding hydrogens is 418 g/mol. The predicted octanol–water partition coefficient (Wildman–Crippen LogP) is 5.31. The Bertz CT molecular complexity index is 1190. The number of benzene rings is 1. The maximum atomic E-state index is 13.5. The highest BCUT2D eigenvalue weighted by Gasteiger charge is 2.29. The molecule has 3 aromatic rings. The van der Waals surface area contributed by atoms with E-state index in [9.17, 15) is 4.79 Å². The monoisotopic (exact) mass is 445 g/mol. The van der Waals surface area contributed by atoms with Gasteiger partial charge in [-0.1, -0.05) is 12.5 Å². The number of thiophene rings is 1. The number of aromatic nitrogens is 3. The Morgan fingerprint density at radius 3 is 2.53 bits per heavy atom. The molecule has 0 bridgehead atoms. The molecule has 2 aliphatic rings. The molecule has 0 atom stereocenters. The van der Waals surface area contributed by atoms with E-state index >= 15 is 0 Å². The van der Waals surface area contributed by atoms with Crippen LogP contribution < -0.4 is 0 Å². The molecule has 5 rings (SSSR count). The lowest BCUT2D eigenvalue weighted by atomic mass is 9.77. The fourth-order valence-electron chi connectivity index (χ4n) is 4.84. The summed E-state index contributed by atoms with van der Waals surface area (Å²) in [6.07, 6.45) is 5.50. The lowest BCUT2D eigenvalue weighted by molar-refractivity contribution is 0.0713. The van der Waals surface area contributed by atoms with Gasteiger partial charge in [-0.25, -0.2) is 4.98 Å². The molecule has 1 aliphatic carbocycles. The Hall–Kier alpha value is -2.98. The Morgan fingerprint density at radius 1 is 1.16 bits per heavy atom. The number of carbonyl (C=O) groups is 1. The van der Waals surface area contributed by atoms with Crippen molar-refractivity contribution in [1.29, 1.82) is 5.26 Å². The van der Waals surface area contributed by atoms with E-state index in [1.165, 1.54) is 29.7 Å². The van der Waals surface area contributed by atoms with E-state index in [4.69, 9.17) is 5.26 Å². The summed E-state index contributed by atoms with van der Waals surface area (Å²) in [5.74, 6) is 2.52. The highest BCUT2D eigenvalue weighted by Crippen LogP contribution is 2.42. The van der Waals surface area contributed by atoms with Gasteiger partial charge >= 0.3 is 0 Å². The predicted molar refractivity (Wildman–Crippen MR) is 125 cm³/mol. The highest BCUT2D eigenvalue weighted by atomic mass is 32.1. The van der Waals surface area contributed by atoms with Crippen molar-refractivity contribution in [2.75, 3.05) is 13.1 Å². The van der Waals surface area contributed by atoms with Crippen molar-refractivity contribution < 1.29 is 4.79 Å². The first-order valence-corrected chi connectivity index (χ1v) is 12.2. The fraction of sp³-hybridized carbons (Fsp3) is 0.440. The van der Waals surface area contributed by atoms with Crippen LogP contribution >= 0.6 is 11.3 Å². The van der Waals surface area contributed by atoms with E-state index in [0.717, 1.165) is 53.3 Å². The topological polar surface area (TPSA) is 85.7 Å². The highest BCUT2D eigenvalue weighted by molar-refractivity contribution is 7.12. The quantitative estimate of drug-likeness (QED) is 0.590. The van der Waals surface area contributed by atoms with E-state index in [1.54, 1.807) is 11.3 Å². The fourth-order valence-corrected chi connectivity index (χ4v) is 5.82. The summed E-state index contributed by atoms with van der Waals surface area (Å²) in [5.41, 5.74) is 4.05. The van der Waals surface area contributed by atoms with E-state index in [2.05, 4.69) is 33.4 Å². The van der Waals surface area contributed by atoms with Crippen LogP contribution in [0.3, 0.4) is 0 Å². The Kier molecular flexibility index (Phi) is 5.56. The lowest BCUT2D eigenvalue weighted by Gasteiger charge is -2.33. The van der Waals surface area contributed by atoms with Gasteiger partial charge in [0.15, 0.2) is 5.82 Å². The van der Waals surface area contributed by atoms with Crippen LogP contribution in [-0.4, -0.2) is 39.1 Å². The van der Waals surface area contributed by atoms with E-state index in [1.807, 2.05) is 30.9 Å². The SMILES string of the molecule is Cc1nc(-c2cc(C(=O)N3CCC(c4ccc(C#N)s4)CC3)c(C)cc2C2CCC2)n[nH]1. The Morgan fingerprint density at radius 2 is 1.94 bits per heavy atom. The summed E-state index contributed by atoms with van der Waals surface area (Å²) >= 11 is 1.58. The molecule has 1 amide bonds. The van der Waals surface area contributed by atoms with Gasteiger partial charge < -0.3 is 4.90 Å². The third-order valence-electron chi connectivity index (χ3n) is 6.93. The summed E-state index contributed by atoms with van der Waals surface area (Å²) in [7, 11) is 0. The second kappa shape index (κ2) is 8.51. The van der Waals surface area contributed by atoms with Crippen LogP contribution in [0.5, 0.6) is 0 Å². The number of likely N-dealkylation sites (tertiary alicyclic amines) is 1. The summed E-state index contributed by atoms with van der Waals surface area (Å²) in [4.78, 5) is 22.1. The second-order valence-electron chi connectivity index (χ2n) is 9.01. The van der Waals surface area contributed by atoms with Gasteiger partial charge in [0.2, 0.25) is 0 Å². The van der Waals surface area contributed by atoms with E-state index < -0.39 is 0 Å². The van der Waals surface area contributed by atoms with Crippen molar-refractivity contribution in [3.05, 3.63) is 56.5 Å². The van der Waals surface area contributed by atoms with Gasteiger partial charge in [0.25, 0.3) is 5.91 Å². The second-order valence-corrected chi connectivity index (χ2v) is 10.1. The molecule has 1 saturated heterocycles. The van der Waals surface area contributed by atoms with Crippen LogP contribution in [0.2, 0.25) is 0 Å². The first-order valence-electron chi connectivity index (χ1n) is 11.4. The van der Waals surface area contributed by atoms with Crippen LogP contribution in [0.15, 0.2) is 24.3 Å². The zero-order valence-electron chi connectivity index (χ0n) is 18.5. The smallest absolute Gasteiger partial charge is 0.254 e. The standard InChI is InChI=1S/C25H27N5OS/c1-15-12-21(17-4-3-5-17)22(24-27-16(2)28-29-24)13-20(15)25(31)30-10-8-18(9-11-30)23-7-6-19(14-26)32-23/h6-7,12-13,17-18H,3-5,8-11H2,1-2H3,(H,27,28,29). The molecule has 0 unspecified atom stereocenters. The van der Waals surface area contributed by atoms with E-state index in [0.29, 0.717) is 17.7 Å². The first kappa shape index (κ1) is 20.9. The number of rotatable bonds is 4. The maximum Gasteiger partial charge on any atom is 0.254 e. The molecule has 1 N–H and O–H groups in total. The van der Waals surface area contributed by atoms with Crippen molar-refractivity contribution in [3.63, 3.8) is 0 Å². The molecule has 1 saturated carbocycles. The van der Waals surface area contributed by atoms with Crippen LogP contribution in [0.25, 0.3) is 11.4 Å². The molecule has 0 radical (unpaired) electrons. The van der Waals surface area contributed by atoms with Crippen LogP contribution in [0.4, 0.5) is 0 Å². The largest absolute Gasteiger partial charge is 0.339 e. The van der Waals surface area contributed by atoms with Crippen molar-refractivity contribution >= 4 is 17.2 Å². The minimum Gasteiger partial charge on any atom is -0.339 e. The molecule has 1 aliphatic heterocycles. The van der Waals surface area contributed by atoms with Crippen LogP contribution in [0.1, 0.15) is 81.0 Å². The van der Waals surface area contributed by atoms with Crippen LogP contribution in [0, 0.1) is 25.2 Å². The van der Waals surface area contributed by atoms with Crippen molar-refractivity contribution in [3.8, 4) is 17.5 Å². The molecule has 6 nitrogen and oxygen atoms in total. The molecule has 1 aromatic carbocycles. The molecule has 7 heteroatoms. The van der Waals surface area contributed by atoms with Crippen molar-refractivity contribution in [2.45, 2.75) is 57.8 Å². The van der Waals surface area contributed by atoms with E-state index in [-0.39, 0.29) is 5.91 Å². The molecular formula is C25H27N5OS. The molecule has 2 aromatic heterocycles. The number of hydrogen-bond donors (Lipinski definition) is 1. The molecule has 3 heterocycles. The third kappa shape index (κ3) is 3.84. The number of nitrogens with zero attached hydrogens (tertiary/aromatic N) is 4. The molecule has 164 valence electrons. The minimum absolute atomic E-state index is 0.0958. The van der Waals surface area contributed by atoms with Gasteiger partial charge in [0.1, 0.15) is 16.8 Å². The molecule has 0 spiro atoms. The minimum atomic E-state index is 0.0958. The van der Waals surface area contributed by atoms with Gasteiger partial charge in [0.05, 0.1) is 0 Å². The number of H-pyrrole nitrogens is 1. The number of piperidine rings is 1. The zero-order valence-corrected chi connectivity index (χ0v) is 19.3. The number of carbonyl (C=O) groups excluding carboxylic acids is 1. The number of nitrogens with one attached hydrogen (secondary N) is 1. The third-order valence-corrected chi connectivity index (χ3v) is 8.08. The first-order chi connectivity index (χ1) is 15.5. The Labute approximate surface area is 192 Å². The Balaban J connectivity index is 1.38. The molecule has 32 heavy (non-hydrogen) atoms. The normalized spacial score (nSPS) is 17.2. The number of amides is 1. The van der Waals surface area contributed by atoms with Crippen LogP contribution in [-0.2, 0) is 0 Å². The lowest BCUT2D eigenvalue weighted by Crippen LogP contribution is -2.38. The average molecular weight is 446 g/mol. The summed E-state index contributed by atoms with van der Waals surface area (Å²) in [5, 5.41) is 16.4. The van der Waals surface area contributed by atoms with Gasteiger partial charge in [0, 0.05) is 29.1 Å².